The molecule has 0 fully saturated rings. The minimum atomic E-state index is -5.82. The first kappa shape index (κ1) is 28.3. The molecule has 2 aromatic rings. The minimum absolute atomic E-state index is 0.0423. The summed E-state index contributed by atoms with van der Waals surface area (Å²) >= 11 is 0. The summed E-state index contributed by atoms with van der Waals surface area (Å²) in [5.74, 6) is -6.45. The first-order valence-corrected chi connectivity index (χ1v) is 11.0. The molecule has 194 valence electrons. The van der Waals surface area contributed by atoms with Crippen molar-refractivity contribution in [3.8, 4) is 11.5 Å². The van der Waals surface area contributed by atoms with E-state index in [9.17, 15) is 31.5 Å². The van der Waals surface area contributed by atoms with Crippen LogP contribution in [-0.4, -0.2) is 37.3 Å². The molecule has 1 atom stereocenters. The van der Waals surface area contributed by atoms with Gasteiger partial charge in [-0.25, -0.2) is 4.79 Å². The van der Waals surface area contributed by atoms with Crippen LogP contribution in [0.3, 0.4) is 0 Å². The van der Waals surface area contributed by atoms with Crippen LogP contribution in [0.5, 0.6) is 11.5 Å². The van der Waals surface area contributed by atoms with Crippen molar-refractivity contribution in [1.82, 2.24) is 0 Å². The van der Waals surface area contributed by atoms with Crippen LogP contribution in [0.1, 0.15) is 41.0 Å². The lowest BCUT2D eigenvalue weighted by molar-refractivity contribution is -0.294. The molecule has 0 N–H and O–H groups in total. The van der Waals surface area contributed by atoms with E-state index < -0.39 is 31.3 Å². The smallest absolute Gasteiger partial charge is 0.456 e. The Kier molecular flexibility index (Phi) is 8.73. The monoisotopic (exact) mass is 504 g/mol. The molecule has 0 saturated carbocycles. The summed E-state index contributed by atoms with van der Waals surface area (Å²) in [6.07, 6.45) is -5.14. The Morgan fingerprint density at radius 1 is 0.886 bits per heavy atom. The Bertz CT molecular complexity index is 1040. The van der Waals surface area contributed by atoms with Gasteiger partial charge in [-0.2, -0.15) is 22.0 Å². The highest BCUT2D eigenvalue weighted by Crippen LogP contribution is 2.35. The molecule has 1 unspecified atom stereocenters. The largest absolute Gasteiger partial charge is 0.482 e. The van der Waals surface area contributed by atoms with Gasteiger partial charge in [0.15, 0.2) is 13.2 Å². The zero-order valence-corrected chi connectivity index (χ0v) is 20.2. The number of alkyl halides is 5. The van der Waals surface area contributed by atoms with Gasteiger partial charge in [-0.15, -0.1) is 0 Å². The third-order valence-electron chi connectivity index (χ3n) is 5.13. The van der Waals surface area contributed by atoms with E-state index in [1.165, 1.54) is 12.1 Å². The summed E-state index contributed by atoms with van der Waals surface area (Å²) in [7, 11) is 0. The molecular weight excluding hydrogens is 475 g/mol. The SMILES string of the molecule is CC(C)C(CC(C)(C)C)C(=O)Oc1ccc2cc(OCC(=O)OCC(F)(F)C(F)(F)F)ccc2c1. The molecule has 35 heavy (non-hydrogen) atoms. The van der Waals surface area contributed by atoms with Crippen molar-refractivity contribution in [3.63, 3.8) is 0 Å². The van der Waals surface area contributed by atoms with Gasteiger partial charge in [0.2, 0.25) is 0 Å². The fourth-order valence-corrected chi connectivity index (χ4v) is 3.23. The van der Waals surface area contributed by atoms with Crippen LogP contribution in [0.25, 0.3) is 10.8 Å². The molecule has 2 aromatic carbocycles. The molecule has 0 bridgehead atoms. The van der Waals surface area contributed by atoms with Crippen LogP contribution < -0.4 is 9.47 Å². The van der Waals surface area contributed by atoms with Crippen molar-refractivity contribution in [2.24, 2.45) is 17.3 Å². The summed E-state index contributed by atoms with van der Waals surface area (Å²) in [6, 6.07) is 9.57. The van der Waals surface area contributed by atoms with Gasteiger partial charge in [-0.3, -0.25) is 4.79 Å². The number of carbonyl (C=O) groups excluding carboxylic acids is 2. The molecule has 0 aliphatic rings. The molecule has 2 rings (SSSR count). The van der Waals surface area contributed by atoms with Crippen LogP contribution in [0.15, 0.2) is 36.4 Å². The maximum Gasteiger partial charge on any atom is 0.456 e. The minimum Gasteiger partial charge on any atom is -0.482 e. The number of halogens is 5. The predicted octanol–water partition coefficient (Wildman–Crippen LogP) is 6.57. The number of benzene rings is 2. The van der Waals surface area contributed by atoms with Gasteiger partial charge in [0.25, 0.3) is 0 Å². The van der Waals surface area contributed by atoms with Crippen LogP contribution >= 0.6 is 0 Å². The third-order valence-corrected chi connectivity index (χ3v) is 5.13. The standard InChI is InChI=1S/C25H29F5O5/c1-15(2)20(12-23(3,4)5)22(32)35-19-9-7-16-10-18(8-6-17(16)11-19)33-13-21(31)34-14-24(26,27)25(28,29)30/h6-11,15,20H,12-14H2,1-5H3. The molecule has 10 heteroatoms. The summed E-state index contributed by atoms with van der Waals surface area (Å²) in [5.41, 5.74) is -0.0423. The second-order valence-corrected chi connectivity index (χ2v) is 9.86. The van der Waals surface area contributed by atoms with Crippen molar-refractivity contribution >= 4 is 22.7 Å². The molecule has 0 amide bonds. The molecule has 0 spiro atoms. The van der Waals surface area contributed by atoms with Crippen LogP contribution in [0.4, 0.5) is 22.0 Å². The quantitative estimate of drug-likeness (QED) is 0.220. The van der Waals surface area contributed by atoms with E-state index in [0.717, 1.165) is 0 Å². The Morgan fingerprint density at radius 2 is 1.43 bits per heavy atom. The first-order valence-electron chi connectivity index (χ1n) is 11.0. The highest BCUT2D eigenvalue weighted by molar-refractivity contribution is 5.86. The average molecular weight is 504 g/mol. The molecule has 0 aromatic heterocycles. The number of hydrogen-bond donors (Lipinski definition) is 0. The number of hydrogen-bond acceptors (Lipinski definition) is 5. The van der Waals surface area contributed by atoms with E-state index in [1.54, 1.807) is 24.3 Å². The van der Waals surface area contributed by atoms with Crippen molar-refractivity contribution in [2.45, 2.75) is 53.1 Å². The molecule has 0 radical (unpaired) electrons. The second-order valence-electron chi connectivity index (χ2n) is 9.86. The molecule has 5 nitrogen and oxygen atoms in total. The van der Waals surface area contributed by atoms with Crippen LogP contribution in [0.2, 0.25) is 0 Å². The second kappa shape index (κ2) is 10.8. The maximum atomic E-state index is 12.8. The average Bonchev–Trinajstić information content (AvgIpc) is 2.73. The molecule has 0 saturated heterocycles. The fourth-order valence-electron chi connectivity index (χ4n) is 3.23. The zero-order valence-electron chi connectivity index (χ0n) is 20.2. The Labute approximate surface area is 200 Å². The molecular formula is C25H29F5O5. The number of rotatable bonds is 9. The molecule has 0 aliphatic heterocycles. The Balaban J connectivity index is 2.00. The van der Waals surface area contributed by atoms with Gasteiger partial charge in [0.1, 0.15) is 11.5 Å². The predicted molar refractivity (Wildman–Crippen MR) is 119 cm³/mol. The van der Waals surface area contributed by atoms with E-state index in [0.29, 0.717) is 22.9 Å². The van der Waals surface area contributed by atoms with Crippen molar-refractivity contribution in [1.29, 1.82) is 0 Å². The van der Waals surface area contributed by atoms with Gasteiger partial charge in [-0.05, 0) is 52.8 Å². The summed E-state index contributed by atoms with van der Waals surface area (Å²) in [6.45, 7) is 7.15. The van der Waals surface area contributed by atoms with Gasteiger partial charge in [0.05, 0.1) is 5.92 Å². The topological polar surface area (TPSA) is 61.8 Å². The van der Waals surface area contributed by atoms with Gasteiger partial charge in [0, 0.05) is 0 Å². The summed E-state index contributed by atoms with van der Waals surface area (Å²) < 4.78 is 76.7. The van der Waals surface area contributed by atoms with Gasteiger partial charge in [-0.1, -0.05) is 46.8 Å². The van der Waals surface area contributed by atoms with Gasteiger partial charge < -0.3 is 14.2 Å². The third kappa shape index (κ3) is 8.36. The lowest BCUT2D eigenvalue weighted by atomic mass is 9.80. The molecule has 0 heterocycles. The first-order chi connectivity index (χ1) is 16.0. The van der Waals surface area contributed by atoms with Crippen molar-refractivity contribution in [2.75, 3.05) is 13.2 Å². The van der Waals surface area contributed by atoms with E-state index >= 15 is 0 Å². The normalized spacial score (nSPS) is 13.6. The summed E-state index contributed by atoms with van der Waals surface area (Å²) in [5, 5.41) is 1.36. The van der Waals surface area contributed by atoms with E-state index in [4.69, 9.17) is 9.47 Å². The summed E-state index contributed by atoms with van der Waals surface area (Å²) in [4.78, 5) is 24.2. The van der Waals surface area contributed by atoms with E-state index in [-0.39, 0.29) is 29.0 Å². The lowest BCUT2D eigenvalue weighted by Crippen LogP contribution is -2.41. The number of carbonyl (C=O) groups is 2. The fraction of sp³-hybridized carbons (Fsp3) is 0.520. The van der Waals surface area contributed by atoms with E-state index in [1.807, 2.05) is 13.8 Å². The number of esters is 2. The van der Waals surface area contributed by atoms with Gasteiger partial charge >= 0.3 is 24.0 Å². The molecule has 0 aliphatic carbocycles. The van der Waals surface area contributed by atoms with Crippen LogP contribution in [-0.2, 0) is 14.3 Å². The lowest BCUT2D eigenvalue weighted by Gasteiger charge is -2.27. The highest BCUT2D eigenvalue weighted by atomic mass is 19.4. The number of ether oxygens (including phenoxy) is 3. The Morgan fingerprint density at radius 3 is 1.94 bits per heavy atom. The van der Waals surface area contributed by atoms with Crippen molar-refractivity contribution < 1.29 is 45.8 Å². The Hall–Kier alpha value is -2.91. The zero-order chi connectivity index (χ0) is 26.6. The highest BCUT2D eigenvalue weighted by Gasteiger charge is 2.58. The van der Waals surface area contributed by atoms with Crippen molar-refractivity contribution in [3.05, 3.63) is 36.4 Å². The van der Waals surface area contributed by atoms with Crippen LogP contribution in [0, 0.1) is 17.3 Å². The number of fused-ring (bicyclic) bond motifs is 1. The maximum absolute atomic E-state index is 12.8. The van der Waals surface area contributed by atoms with E-state index in [2.05, 4.69) is 25.5 Å².